The molecule has 0 unspecified atom stereocenters. The number of hydrogen-bond acceptors (Lipinski definition) is 5. The molecule has 1 aliphatic rings. The maximum Gasteiger partial charge on any atom is 0.221 e. The number of thiophene rings is 1. The van der Waals surface area contributed by atoms with E-state index in [1.54, 1.807) is 11.3 Å². The van der Waals surface area contributed by atoms with Crippen LogP contribution in [0.15, 0.2) is 11.4 Å². The van der Waals surface area contributed by atoms with E-state index >= 15 is 0 Å². The third-order valence-corrected chi connectivity index (χ3v) is 4.35. The van der Waals surface area contributed by atoms with Crippen molar-refractivity contribution in [2.24, 2.45) is 0 Å². The summed E-state index contributed by atoms with van der Waals surface area (Å²) in [6, 6.07) is 1.90. The molecule has 1 saturated heterocycles. The topological polar surface area (TPSA) is 70.6 Å². The van der Waals surface area contributed by atoms with E-state index in [-0.39, 0.29) is 18.1 Å². The van der Waals surface area contributed by atoms with Gasteiger partial charge >= 0.3 is 0 Å². The van der Waals surface area contributed by atoms with E-state index in [9.17, 15) is 9.90 Å². The summed E-state index contributed by atoms with van der Waals surface area (Å²) in [5.74, 6) is -0.0670. The molecule has 2 heterocycles. The fraction of sp³-hybridized carbons (Fsp3) is 0.615. The number of aliphatic hydroxyl groups excluding tert-OH is 1. The first-order chi connectivity index (χ1) is 9.15. The lowest BCUT2D eigenvalue weighted by Gasteiger charge is -2.36. The maximum atomic E-state index is 11.1. The molecular weight excluding hydrogens is 264 g/mol. The Morgan fingerprint density at radius 1 is 1.53 bits per heavy atom. The van der Waals surface area contributed by atoms with Gasteiger partial charge in [0, 0.05) is 37.1 Å². The van der Waals surface area contributed by atoms with Crippen molar-refractivity contribution in [3.8, 4) is 0 Å². The van der Waals surface area contributed by atoms with Gasteiger partial charge in [-0.05, 0) is 24.3 Å². The lowest BCUT2D eigenvalue weighted by atomic mass is 9.91. The Labute approximate surface area is 117 Å². The summed E-state index contributed by atoms with van der Waals surface area (Å²) in [4.78, 5) is 12.2. The molecule has 0 bridgehead atoms. The van der Waals surface area contributed by atoms with Gasteiger partial charge in [-0.3, -0.25) is 4.79 Å². The monoisotopic (exact) mass is 284 g/mol. The molecule has 6 heteroatoms. The maximum absolute atomic E-state index is 11.1. The van der Waals surface area contributed by atoms with Crippen LogP contribution in [0.2, 0.25) is 0 Å². The van der Waals surface area contributed by atoms with Crippen molar-refractivity contribution in [1.29, 1.82) is 0 Å². The van der Waals surface area contributed by atoms with Crippen LogP contribution < -0.4 is 10.6 Å². The summed E-state index contributed by atoms with van der Waals surface area (Å²) >= 11 is 1.60. The van der Waals surface area contributed by atoms with Gasteiger partial charge in [-0.15, -0.1) is 11.3 Å². The first kappa shape index (κ1) is 14.5. The van der Waals surface area contributed by atoms with Crippen LogP contribution in [-0.2, 0) is 16.1 Å². The van der Waals surface area contributed by atoms with Crippen LogP contribution in [0, 0.1) is 0 Å². The average Bonchev–Trinajstić information content (AvgIpc) is 2.84. The highest BCUT2D eigenvalue weighted by Crippen LogP contribution is 2.25. The van der Waals surface area contributed by atoms with E-state index in [0.717, 1.165) is 23.4 Å². The molecule has 0 aromatic carbocycles. The first-order valence-corrected chi connectivity index (χ1v) is 7.31. The molecule has 1 aromatic rings. The number of carbonyl (C=O) groups is 1. The Kier molecular flexibility index (Phi) is 4.93. The number of hydrogen-bond donors (Lipinski definition) is 3. The minimum atomic E-state index is -0.254. The van der Waals surface area contributed by atoms with Gasteiger partial charge in [0.25, 0.3) is 0 Å². The second-order valence-electron chi connectivity index (χ2n) is 4.84. The van der Waals surface area contributed by atoms with Gasteiger partial charge in [0.2, 0.25) is 5.91 Å². The summed E-state index contributed by atoms with van der Waals surface area (Å²) in [5.41, 5.74) is 0.598. The van der Waals surface area contributed by atoms with E-state index in [0.29, 0.717) is 19.8 Å². The van der Waals surface area contributed by atoms with Crippen molar-refractivity contribution in [3.05, 3.63) is 16.3 Å². The lowest BCUT2D eigenvalue weighted by Crippen LogP contribution is -2.51. The normalized spacial score (nSPS) is 18.2. The number of rotatable bonds is 5. The summed E-state index contributed by atoms with van der Waals surface area (Å²) in [5, 5.41) is 17.8. The third kappa shape index (κ3) is 3.76. The quantitative estimate of drug-likeness (QED) is 0.763. The summed E-state index contributed by atoms with van der Waals surface area (Å²) < 4.78 is 5.33. The smallest absolute Gasteiger partial charge is 0.221 e. The van der Waals surface area contributed by atoms with E-state index in [4.69, 9.17) is 4.74 Å². The van der Waals surface area contributed by atoms with Gasteiger partial charge in [0.05, 0.1) is 12.3 Å². The van der Waals surface area contributed by atoms with Crippen LogP contribution >= 0.6 is 11.3 Å². The molecular formula is C13H20N2O3S. The van der Waals surface area contributed by atoms with E-state index < -0.39 is 0 Å². The summed E-state index contributed by atoms with van der Waals surface area (Å²) in [6.07, 6.45) is 1.62. The van der Waals surface area contributed by atoms with Crippen LogP contribution in [0.4, 0.5) is 5.69 Å². The Bertz CT molecular complexity index is 427. The van der Waals surface area contributed by atoms with Crippen molar-refractivity contribution in [3.63, 3.8) is 0 Å². The fourth-order valence-electron chi connectivity index (χ4n) is 2.20. The predicted octanol–water partition coefficient (Wildman–Crippen LogP) is 1.34. The number of carbonyl (C=O) groups excluding carboxylic acids is 1. The molecule has 5 nitrogen and oxygen atoms in total. The van der Waals surface area contributed by atoms with E-state index in [1.165, 1.54) is 6.92 Å². The van der Waals surface area contributed by atoms with Crippen LogP contribution in [0.3, 0.4) is 0 Å². The zero-order valence-electron chi connectivity index (χ0n) is 11.1. The van der Waals surface area contributed by atoms with Crippen LogP contribution in [0.25, 0.3) is 0 Å². The highest BCUT2D eigenvalue weighted by atomic mass is 32.1. The van der Waals surface area contributed by atoms with Crippen molar-refractivity contribution in [2.45, 2.75) is 31.8 Å². The first-order valence-electron chi connectivity index (χ1n) is 6.43. The summed E-state index contributed by atoms with van der Waals surface area (Å²) in [6.45, 7) is 3.61. The van der Waals surface area contributed by atoms with Crippen LogP contribution in [0.1, 0.15) is 24.6 Å². The van der Waals surface area contributed by atoms with Crippen molar-refractivity contribution in [2.75, 3.05) is 25.1 Å². The van der Waals surface area contributed by atoms with Gasteiger partial charge in [-0.1, -0.05) is 0 Å². The molecule has 1 aliphatic heterocycles. The minimum Gasteiger partial charge on any atom is -0.394 e. The largest absolute Gasteiger partial charge is 0.394 e. The molecule has 2 rings (SSSR count). The standard InChI is InChI=1S/C13H20N2O3S/c1-10(17)15-11-2-7-19-12(11)8-14-13(9-16)3-5-18-6-4-13/h2,7,14,16H,3-6,8-9H2,1H3,(H,15,17). The number of nitrogens with one attached hydrogen (secondary N) is 2. The Morgan fingerprint density at radius 2 is 2.26 bits per heavy atom. The average molecular weight is 284 g/mol. The van der Waals surface area contributed by atoms with Gasteiger partial charge < -0.3 is 20.5 Å². The molecule has 0 aliphatic carbocycles. The van der Waals surface area contributed by atoms with Crippen molar-refractivity contribution >= 4 is 22.9 Å². The summed E-state index contributed by atoms with van der Waals surface area (Å²) in [7, 11) is 0. The molecule has 1 amide bonds. The zero-order valence-corrected chi connectivity index (χ0v) is 11.9. The van der Waals surface area contributed by atoms with Crippen LogP contribution in [-0.4, -0.2) is 36.4 Å². The highest BCUT2D eigenvalue weighted by Gasteiger charge is 2.31. The minimum absolute atomic E-state index is 0.0670. The molecule has 0 spiro atoms. The number of anilines is 1. The number of amides is 1. The molecule has 106 valence electrons. The second kappa shape index (κ2) is 6.47. The molecule has 1 aromatic heterocycles. The van der Waals surface area contributed by atoms with E-state index in [2.05, 4.69) is 10.6 Å². The Balaban J connectivity index is 1.97. The highest BCUT2D eigenvalue weighted by molar-refractivity contribution is 7.10. The Hall–Kier alpha value is -0.950. The van der Waals surface area contributed by atoms with Gasteiger partial charge in [-0.25, -0.2) is 0 Å². The van der Waals surface area contributed by atoms with Gasteiger partial charge in [0.15, 0.2) is 0 Å². The second-order valence-corrected chi connectivity index (χ2v) is 5.84. The van der Waals surface area contributed by atoms with Crippen molar-refractivity contribution < 1.29 is 14.6 Å². The molecule has 19 heavy (non-hydrogen) atoms. The molecule has 0 atom stereocenters. The number of aliphatic hydroxyl groups is 1. The van der Waals surface area contributed by atoms with Crippen molar-refractivity contribution in [1.82, 2.24) is 5.32 Å². The lowest BCUT2D eigenvalue weighted by molar-refractivity contribution is -0.114. The molecule has 1 fully saturated rings. The zero-order chi connectivity index (χ0) is 13.7. The Morgan fingerprint density at radius 3 is 2.89 bits per heavy atom. The van der Waals surface area contributed by atoms with Crippen LogP contribution in [0.5, 0.6) is 0 Å². The SMILES string of the molecule is CC(=O)Nc1ccsc1CNC1(CO)CCOCC1. The molecule has 0 radical (unpaired) electrons. The van der Waals surface area contributed by atoms with Gasteiger partial charge in [0.1, 0.15) is 0 Å². The van der Waals surface area contributed by atoms with E-state index in [1.807, 2.05) is 11.4 Å². The molecule has 3 N–H and O–H groups in total. The predicted molar refractivity (Wildman–Crippen MR) is 75.3 cm³/mol. The third-order valence-electron chi connectivity index (χ3n) is 3.43. The van der Waals surface area contributed by atoms with Gasteiger partial charge in [-0.2, -0.15) is 0 Å². The number of ether oxygens (including phenoxy) is 1. The fourth-order valence-corrected chi connectivity index (χ4v) is 2.97. The molecule has 0 saturated carbocycles.